The summed E-state index contributed by atoms with van der Waals surface area (Å²) >= 11 is 0. The molecule has 0 bridgehead atoms. The Bertz CT molecular complexity index is 378. The maximum Gasteiger partial charge on any atom is 0.407 e. The fourth-order valence-electron chi connectivity index (χ4n) is 2.23. The van der Waals surface area contributed by atoms with E-state index in [9.17, 15) is 14.7 Å². The summed E-state index contributed by atoms with van der Waals surface area (Å²) in [6.45, 7) is 11.3. The second kappa shape index (κ2) is 11.3. The number of carboxylic acid groups (broad SMARTS) is 1. The molecule has 0 aromatic carbocycles. The molecule has 0 saturated heterocycles. The van der Waals surface area contributed by atoms with Crippen molar-refractivity contribution in [2.45, 2.75) is 91.4 Å². The van der Waals surface area contributed by atoms with Crippen LogP contribution in [0.5, 0.6) is 0 Å². The van der Waals surface area contributed by atoms with Gasteiger partial charge in [-0.05, 0) is 41.0 Å². The topological polar surface area (TPSA) is 84.9 Å². The molecule has 0 radical (unpaired) electrons. The number of hydrogen-bond acceptors (Lipinski definition) is 4. The first-order valence-electron chi connectivity index (χ1n) is 8.90. The summed E-state index contributed by atoms with van der Waals surface area (Å²) in [6, 6.07) is -0.251. The van der Waals surface area contributed by atoms with Gasteiger partial charge in [-0.1, -0.05) is 32.6 Å². The van der Waals surface area contributed by atoms with Crippen LogP contribution in [-0.2, 0) is 14.3 Å². The Morgan fingerprint density at radius 1 is 1.12 bits per heavy atom. The molecule has 24 heavy (non-hydrogen) atoms. The van der Waals surface area contributed by atoms with Crippen LogP contribution in [0.15, 0.2) is 0 Å². The third-order valence-corrected chi connectivity index (χ3v) is 3.61. The van der Waals surface area contributed by atoms with Crippen molar-refractivity contribution in [3.63, 3.8) is 0 Å². The fourth-order valence-corrected chi connectivity index (χ4v) is 2.23. The molecule has 0 aromatic rings. The van der Waals surface area contributed by atoms with Gasteiger partial charge in [-0.15, -0.1) is 0 Å². The van der Waals surface area contributed by atoms with E-state index in [1.807, 2.05) is 6.92 Å². The fraction of sp³-hybridized carbons (Fsp3) is 0.889. The Morgan fingerprint density at radius 3 is 2.25 bits per heavy atom. The largest absolute Gasteiger partial charge is 0.481 e. The predicted octanol–water partition coefficient (Wildman–Crippen LogP) is 3.98. The number of carbonyl (C=O) groups excluding carboxylic acids is 1. The number of ether oxygens (including phenoxy) is 2. The van der Waals surface area contributed by atoms with Crippen molar-refractivity contribution in [2.24, 2.45) is 5.92 Å². The number of carbonyl (C=O) groups is 2. The van der Waals surface area contributed by atoms with Crippen LogP contribution in [0.2, 0.25) is 0 Å². The monoisotopic (exact) mass is 345 g/mol. The van der Waals surface area contributed by atoms with Gasteiger partial charge in [0.15, 0.2) is 0 Å². The van der Waals surface area contributed by atoms with Gasteiger partial charge in [0.05, 0.1) is 24.7 Å². The zero-order valence-electron chi connectivity index (χ0n) is 16.1. The molecular weight excluding hydrogens is 310 g/mol. The van der Waals surface area contributed by atoms with Crippen molar-refractivity contribution in [1.82, 2.24) is 5.32 Å². The predicted molar refractivity (Wildman–Crippen MR) is 94.1 cm³/mol. The van der Waals surface area contributed by atoms with E-state index in [4.69, 9.17) is 9.47 Å². The number of aliphatic carboxylic acids is 1. The van der Waals surface area contributed by atoms with E-state index in [0.717, 1.165) is 25.7 Å². The second-order valence-corrected chi connectivity index (χ2v) is 7.40. The minimum atomic E-state index is -0.858. The van der Waals surface area contributed by atoms with E-state index in [1.54, 1.807) is 27.7 Å². The first-order valence-corrected chi connectivity index (χ1v) is 8.90. The summed E-state index contributed by atoms with van der Waals surface area (Å²) in [7, 11) is 0. The van der Waals surface area contributed by atoms with Crippen LogP contribution in [0.3, 0.4) is 0 Å². The van der Waals surface area contributed by atoms with Crippen molar-refractivity contribution in [1.29, 1.82) is 0 Å². The van der Waals surface area contributed by atoms with Gasteiger partial charge in [-0.3, -0.25) is 4.79 Å². The van der Waals surface area contributed by atoms with Gasteiger partial charge in [0.25, 0.3) is 0 Å². The molecule has 2 N–H and O–H groups in total. The van der Waals surface area contributed by atoms with E-state index in [0.29, 0.717) is 6.42 Å². The van der Waals surface area contributed by atoms with Crippen LogP contribution in [0, 0.1) is 5.92 Å². The van der Waals surface area contributed by atoms with Crippen LogP contribution < -0.4 is 5.32 Å². The lowest BCUT2D eigenvalue weighted by Gasteiger charge is -2.25. The summed E-state index contributed by atoms with van der Waals surface area (Å²) in [5, 5.41) is 11.9. The van der Waals surface area contributed by atoms with Crippen LogP contribution in [0.4, 0.5) is 4.79 Å². The van der Waals surface area contributed by atoms with Gasteiger partial charge >= 0.3 is 12.1 Å². The van der Waals surface area contributed by atoms with E-state index < -0.39 is 23.6 Å². The minimum absolute atomic E-state index is 0.251. The standard InChI is InChI=1S/C18H35NO5/c1-7-8-9-10-11-15(14(3)16(20)21)23-12-13(2)19-17(22)24-18(4,5)6/h13-15H,7-12H2,1-6H3,(H,19,22)(H,20,21)/t13-,14?,15?/m1/s1. The molecule has 0 aromatic heterocycles. The maximum absolute atomic E-state index is 11.7. The Balaban J connectivity index is 4.36. The van der Waals surface area contributed by atoms with Crippen LogP contribution in [-0.4, -0.2) is 41.5 Å². The van der Waals surface area contributed by atoms with Gasteiger partial charge in [-0.25, -0.2) is 4.79 Å². The smallest absolute Gasteiger partial charge is 0.407 e. The Kier molecular flexibility index (Phi) is 10.7. The third-order valence-electron chi connectivity index (χ3n) is 3.61. The van der Waals surface area contributed by atoms with Gasteiger partial charge in [0.2, 0.25) is 0 Å². The number of alkyl carbamates (subject to hydrolysis) is 1. The number of rotatable bonds is 11. The van der Waals surface area contributed by atoms with Crippen LogP contribution in [0.1, 0.15) is 73.6 Å². The van der Waals surface area contributed by atoms with E-state index >= 15 is 0 Å². The molecule has 3 atom stereocenters. The van der Waals surface area contributed by atoms with Crippen molar-refractivity contribution in [3.05, 3.63) is 0 Å². The zero-order chi connectivity index (χ0) is 18.8. The lowest BCUT2D eigenvalue weighted by atomic mass is 9.98. The molecule has 6 heteroatoms. The molecule has 0 spiro atoms. The highest BCUT2D eigenvalue weighted by Crippen LogP contribution is 2.17. The molecule has 0 rings (SSSR count). The number of unbranched alkanes of at least 4 members (excludes halogenated alkanes) is 3. The van der Waals surface area contributed by atoms with Gasteiger partial charge in [0.1, 0.15) is 5.60 Å². The summed E-state index contributed by atoms with van der Waals surface area (Å²) in [5.74, 6) is -1.43. The molecule has 0 saturated carbocycles. The van der Waals surface area contributed by atoms with Crippen molar-refractivity contribution in [3.8, 4) is 0 Å². The average Bonchev–Trinajstić information content (AvgIpc) is 2.43. The normalized spacial score (nSPS) is 15.4. The molecule has 2 unspecified atom stereocenters. The van der Waals surface area contributed by atoms with Crippen molar-refractivity contribution < 1.29 is 24.2 Å². The molecule has 0 aliphatic rings. The molecule has 142 valence electrons. The van der Waals surface area contributed by atoms with Gasteiger partial charge in [0, 0.05) is 0 Å². The summed E-state index contributed by atoms with van der Waals surface area (Å²) in [5.41, 5.74) is -0.551. The lowest BCUT2D eigenvalue weighted by Crippen LogP contribution is -2.41. The summed E-state index contributed by atoms with van der Waals surface area (Å²) < 4.78 is 11.0. The molecule has 6 nitrogen and oxygen atoms in total. The molecule has 0 aliphatic heterocycles. The quantitative estimate of drug-likeness (QED) is 0.553. The highest BCUT2D eigenvalue weighted by molar-refractivity contribution is 5.70. The number of amides is 1. The van der Waals surface area contributed by atoms with E-state index in [2.05, 4.69) is 12.2 Å². The molecule has 0 heterocycles. The Labute approximate surface area is 146 Å². The van der Waals surface area contributed by atoms with Crippen LogP contribution >= 0.6 is 0 Å². The number of hydrogen-bond donors (Lipinski definition) is 2. The summed E-state index contributed by atoms with van der Waals surface area (Å²) in [6.07, 6.45) is 4.18. The highest BCUT2D eigenvalue weighted by Gasteiger charge is 2.25. The molecule has 0 aliphatic carbocycles. The number of carboxylic acids is 1. The maximum atomic E-state index is 11.7. The van der Waals surface area contributed by atoms with E-state index in [-0.39, 0.29) is 18.8 Å². The van der Waals surface area contributed by atoms with Crippen molar-refractivity contribution in [2.75, 3.05) is 6.61 Å². The van der Waals surface area contributed by atoms with Gasteiger partial charge < -0.3 is 19.9 Å². The molecule has 0 fully saturated rings. The molecular formula is C18H35NO5. The molecule has 1 amide bonds. The first-order chi connectivity index (χ1) is 11.1. The summed E-state index contributed by atoms with van der Waals surface area (Å²) in [4.78, 5) is 23.0. The van der Waals surface area contributed by atoms with Gasteiger partial charge in [-0.2, -0.15) is 0 Å². The number of nitrogens with one attached hydrogen (secondary N) is 1. The van der Waals surface area contributed by atoms with E-state index in [1.165, 1.54) is 0 Å². The average molecular weight is 345 g/mol. The minimum Gasteiger partial charge on any atom is -0.481 e. The first kappa shape index (κ1) is 22.7. The van der Waals surface area contributed by atoms with Crippen LogP contribution in [0.25, 0.3) is 0 Å². The lowest BCUT2D eigenvalue weighted by molar-refractivity contribution is -0.147. The zero-order valence-corrected chi connectivity index (χ0v) is 16.1. The highest BCUT2D eigenvalue weighted by atomic mass is 16.6. The second-order valence-electron chi connectivity index (χ2n) is 7.40. The SMILES string of the molecule is CCCCCCC(OC[C@@H](C)NC(=O)OC(C)(C)C)C(C)C(=O)O. The third kappa shape index (κ3) is 11.3. The Morgan fingerprint density at radius 2 is 1.75 bits per heavy atom. The van der Waals surface area contributed by atoms with Crippen molar-refractivity contribution >= 4 is 12.1 Å². The Hall–Kier alpha value is -1.30.